The molecule has 0 aliphatic carbocycles. The smallest absolute Gasteiger partial charge is 0.261 e. The van der Waals surface area contributed by atoms with Crippen molar-refractivity contribution in [2.45, 2.75) is 46.2 Å². The van der Waals surface area contributed by atoms with E-state index < -0.39 is 17.8 Å². The maximum Gasteiger partial charge on any atom is 0.261 e. The van der Waals surface area contributed by atoms with Gasteiger partial charge < -0.3 is 15.0 Å². The van der Waals surface area contributed by atoms with Crippen LogP contribution in [-0.2, 0) is 22.6 Å². The van der Waals surface area contributed by atoms with Crippen molar-refractivity contribution < 1.29 is 18.7 Å². The van der Waals surface area contributed by atoms with Gasteiger partial charge in [-0.05, 0) is 55.2 Å². The second-order valence-electron chi connectivity index (χ2n) is 8.77. The number of halogens is 2. The molecule has 0 bridgehead atoms. The van der Waals surface area contributed by atoms with E-state index in [-0.39, 0.29) is 19.1 Å². The Morgan fingerprint density at radius 2 is 1.67 bits per heavy atom. The highest BCUT2D eigenvalue weighted by Crippen LogP contribution is 2.26. The normalized spacial score (nSPS) is 11.6. The molecule has 1 N–H and O–H groups in total. The molecule has 0 radical (unpaired) electrons. The Kier molecular flexibility index (Phi) is 10.1. The molecule has 3 aromatic rings. The number of aryl methyl sites for hydroxylation is 2. The molecule has 0 aliphatic rings. The minimum Gasteiger partial charge on any atom is -0.484 e. The van der Waals surface area contributed by atoms with Crippen LogP contribution < -0.4 is 10.1 Å². The maximum absolute atomic E-state index is 14.6. The highest BCUT2D eigenvalue weighted by atomic mass is 79.9. The van der Waals surface area contributed by atoms with Crippen molar-refractivity contribution in [3.63, 3.8) is 0 Å². The zero-order chi connectivity index (χ0) is 26.1. The average Bonchev–Trinajstić information content (AvgIpc) is 2.88. The van der Waals surface area contributed by atoms with E-state index in [1.165, 1.54) is 11.0 Å². The second-order valence-corrected chi connectivity index (χ2v) is 9.56. The van der Waals surface area contributed by atoms with Gasteiger partial charge in [0.15, 0.2) is 6.61 Å². The number of amides is 2. The topological polar surface area (TPSA) is 58.6 Å². The molecule has 36 heavy (non-hydrogen) atoms. The number of benzene rings is 3. The monoisotopic (exact) mass is 554 g/mol. The molecular weight excluding hydrogens is 523 g/mol. The van der Waals surface area contributed by atoms with Crippen molar-refractivity contribution in [3.05, 3.63) is 99.3 Å². The number of carbonyl (C=O) groups excluding carboxylic acids is 2. The fourth-order valence-electron chi connectivity index (χ4n) is 3.95. The van der Waals surface area contributed by atoms with Crippen LogP contribution in [0.1, 0.15) is 35.6 Å². The minimum atomic E-state index is -0.831. The molecule has 0 heterocycles. The van der Waals surface area contributed by atoms with Gasteiger partial charge in [0, 0.05) is 29.5 Å². The SMILES string of the molecule is CCCNC(=O)C(Cc1ccccc1)N(Cc1ccccc1F)C(=O)COc1cc(C)c(Br)c(C)c1. The largest absolute Gasteiger partial charge is 0.484 e. The van der Waals surface area contributed by atoms with Crippen LogP contribution in [0.3, 0.4) is 0 Å². The number of rotatable bonds is 11. The average molecular weight is 555 g/mol. The third-order valence-corrected chi connectivity index (χ3v) is 7.14. The van der Waals surface area contributed by atoms with Crippen LogP contribution in [0.25, 0.3) is 0 Å². The summed E-state index contributed by atoms with van der Waals surface area (Å²) in [6, 6.07) is 18.7. The van der Waals surface area contributed by atoms with E-state index in [2.05, 4.69) is 21.2 Å². The molecule has 0 aliphatic heterocycles. The first-order chi connectivity index (χ1) is 17.3. The fourth-order valence-corrected chi connectivity index (χ4v) is 4.18. The molecule has 0 saturated carbocycles. The van der Waals surface area contributed by atoms with Crippen molar-refractivity contribution in [2.24, 2.45) is 0 Å². The second kappa shape index (κ2) is 13.2. The summed E-state index contributed by atoms with van der Waals surface area (Å²) in [7, 11) is 0. The predicted molar refractivity (Wildman–Crippen MR) is 143 cm³/mol. The van der Waals surface area contributed by atoms with Gasteiger partial charge >= 0.3 is 0 Å². The molecular formula is C29H32BrFN2O3. The molecule has 2 amide bonds. The van der Waals surface area contributed by atoms with E-state index >= 15 is 0 Å². The lowest BCUT2D eigenvalue weighted by Crippen LogP contribution is -2.52. The van der Waals surface area contributed by atoms with Crippen LogP contribution >= 0.6 is 15.9 Å². The molecule has 0 fully saturated rings. The molecule has 0 aromatic heterocycles. The number of nitrogens with zero attached hydrogens (tertiary/aromatic N) is 1. The lowest BCUT2D eigenvalue weighted by atomic mass is 10.0. The van der Waals surface area contributed by atoms with Gasteiger partial charge in [-0.2, -0.15) is 0 Å². The predicted octanol–water partition coefficient (Wildman–Crippen LogP) is 5.75. The third-order valence-electron chi connectivity index (χ3n) is 5.89. The van der Waals surface area contributed by atoms with Crippen LogP contribution in [0.2, 0.25) is 0 Å². The first-order valence-corrected chi connectivity index (χ1v) is 12.8. The van der Waals surface area contributed by atoms with Crippen molar-refractivity contribution in [3.8, 4) is 5.75 Å². The highest BCUT2D eigenvalue weighted by Gasteiger charge is 2.31. The summed E-state index contributed by atoms with van der Waals surface area (Å²) in [5, 5.41) is 2.91. The van der Waals surface area contributed by atoms with E-state index in [1.54, 1.807) is 18.2 Å². The Labute approximate surface area is 220 Å². The first-order valence-electron chi connectivity index (χ1n) is 12.0. The number of nitrogens with one attached hydrogen (secondary N) is 1. The molecule has 1 atom stereocenters. The maximum atomic E-state index is 14.6. The number of ether oxygens (including phenoxy) is 1. The molecule has 3 aromatic carbocycles. The molecule has 1 unspecified atom stereocenters. The molecule has 5 nitrogen and oxygen atoms in total. The summed E-state index contributed by atoms with van der Waals surface area (Å²) in [5.41, 5.74) is 3.21. The summed E-state index contributed by atoms with van der Waals surface area (Å²) in [6.45, 7) is 6.02. The Balaban J connectivity index is 1.92. The molecule has 0 spiro atoms. The van der Waals surface area contributed by atoms with Crippen LogP contribution in [0.15, 0.2) is 71.2 Å². The van der Waals surface area contributed by atoms with Gasteiger partial charge in [0.05, 0.1) is 0 Å². The molecule has 0 saturated heterocycles. The lowest BCUT2D eigenvalue weighted by molar-refractivity contribution is -0.142. The van der Waals surface area contributed by atoms with Crippen LogP contribution in [-0.4, -0.2) is 35.9 Å². The van der Waals surface area contributed by atoms with Crippen LogP contribution in [0, 0.1) is 19.7 Å². The Hall–Kier alpha value is -3.19. The number of carbonyl (C=O) groups is 2. The van der Waals surface area contributed by atoms with E-state index in [0.717, 1.165) is 27.6 Å². The van der Waals surface area contributed by atoms with E-state index in [0.29, 0.717) is 24.3 Å². The molecule has 190 valence electrons. The van der Waals surface area contributed by atoms with E-state index in [9.17, 15) is 14.0 Å². The van der Waals surface area contributed by atoms with Gasteiger partial charge in [-0.15, -0.1) is 0 Å². The standard InChI is InChI=1S/C29H32BrFN2O3/c1-4-14-32-29(35)26(17-22-10-6-5-7-11-22)33(18-23-12-8-9-13-25(23)31)27(34)19-36-24-15-20(2)28(30)21(3)16-24/h5-13,15-16,26H,4,14,17-19H2,1-3H3,(H,32,35). The van der Waals surface area contributed by atoms with Gasteiger partial charge in [-0.25, -0.2) is 4.39 Å². The van der Waals surface area contributed by atoms with E-state index in [1.807, 2.05) is 63.2 Å². The van der Waals surface area contributed by atoms with Crippen molar-refractivity contribution in [2.75, 3.05) is 13.2 Å². The quantitative estimate of drug-likeness (QED) is 0.328. The number of hydrogen-bond donors (Lipinski definition) is 1. The van der Waals surface area contributed by atoms with Crippen LogP contribution in [0.4, 0.5) is 4.39 Å². The zero-order valence-corrected chi connectivity index (χ0v) is 22.5. The van der Waals surface area contributed by atoms with Crippen LogP contribution in [0.5, 0.6) is 5.75 Å². The summed E-state index contributed by atoms with van der Waals surface area (Å²) >= 11 is 3.54. The number of hydrogen-bond acceptors (Lipinski definition) is 3. The lowest BCUT2D eigenvalue weighted by Gasteiger charge is -2.31. The van der Waals surface area contributed by atoms with Gasteiger partial charge in [0.1, 0.15) is 17.6 Å². The Morgan fingerprint density at radius 3 is 2.31 bits per heavy atom. The van der Waals surface area contributed by atoms with Gasteiger partial charge in [0.2, 0.25) is 5.91 Å². The summed E-state index contributed by atoms with van der Waals surface area (Å²) in [6.07, 6.45) is 1.06. The van der Waals surface area contributed by atoms with Gasteiger partial charge in [-0.1, -0.05) is 71.4 Å². The van der Waals surface area contributed by atoms with Gasteiger partial charge in [-0.3, -0.25) is 9.59 Å². The fraction of sp³-hybridized carbons (Fsp3) is 0.310. The Morgan fingerprint density at radius 1 is 1.03 bits per heavy atom. The minimum absolute atomic E-state index is 0.0513. The van der Waals surface area contributed by atoms with Crippen molar-refractivity contribution in [1.82, 2.24) is 10.2 Å². The Bertz CT molecular complexity index is 1160. The van der Waals surface area contributed by atoms with Crippen molar-refractivity contribution in [1.29, 1.82) is 0 Å². The summed E-state index contributed by atoms with van der Waals surface area (Å²) in [5.74, 6) is -0.546. The first kappa shape index (κ1) is 27.4. The highest BCUT2D eigenvalue weighted by molar-refractivity contribution is 9.10. The van der Waals surface area contributed by atoms with Crippen molar-refractivity contribution >= 4 is 27.7 Å². The summed E-state index contributed by atoms with van der Waals surface area (Å²) in [4.78, 5) is 28.3. The zero-order valence-electron chi connectivity index (χ0n) is 20.9. The third kappa shape index (κ3) is 7.40. The molecule has 3 rings (SSSR count). The van der Waals surface area contributed by atoms with E-state index in [4.69, 9.17) is 4.74 Å². The molecule has 7 heteroatoms. The van der Waals surface area contributed by atoms with Gasteiger partial charge in [0.25, 0.3) is 5.91 Å². The summed E-state index contributed by atoms with van der Waals surface area (Å²) < 4.78 is 21.5.